The Labute approximate surface area is 122 Å². The first-order valence-electron chi connectivity index (χ1n) is 5.89. The maximum Gasteiger partial charge on any atom is 0.250 e. The van der Waals surface area contributed by atoms with Crippen molar-refractivity contribution in [3.05, 3.63) is 15.9 Å². The lowest BCUT2D eigenvalue weighted by Crippen LogP contribution is -2.41. The van der Waals surface area contributed by atoms with Gasteiger partial charge in [0.05, 0.1) is 3.79 Å². The Morgan fingerprint density at radius 1 is 1.39 bits per heavy atom. The molecular weight excluding hydrogens is 336 g/mol. The molecule has 0 saturated heterocycles. The molecule has 104 valence electrons. The molecule has 7 heteroatoms. The summed E-state index contributed by atoms with van der Waals surface area (Å²) in [5.41, 5.74) is 0. The first-order chi connectivity index (χ1) is 8.39. The summed E-state index contributed by atoms with van der Waals surface area (Å²) in [7, 11) is -3.39. The fraction of sp³-hybridized carbons (Fsp3) is 0.636. The maximum absolute atomic E-state index is 12.1. The monoisotopic (exact) mass is 354 g/mol. The molecule has 4 nitrogen and oxygen atoms in total. The molecule has 0 radical (unpaired) electrons. The summed E-state index contributed by atoms with van der Waals surface area (Å²) in [6, 6.07) is 3.26. The lowest BCUT2D eigenvalue weighted by atomic mass is 10.3. The fourth-order valence-corrected chi connectivity index (χ4v) is 4.93. The second-order valence-corrected chi connectivity index (χ2v) is 8.47. The summed E-state index contributed by atoms with van der Waals surface area (Å²) in [6.45, 7) is 8.60. The first kappa shape index (κ1) is 16.1. The molecule has 1 N–H and O–H groups in total. The van der Waals surface area contributed by atoms with Crippen LogP contribution in [0.3, 0.4) is 0 Å². The Bertz CT molecular complexity index is 469. The number of hydrogen-bond acceptors (Lipinski definition) is 4. The summed E-state index contributed by atoms with van der Waals surface area (Å²) in [5.74, 6) is 0. The largest absolute Gasteiger partial charge is 0.302 e. The molecule has 1 unspecified atom stereocenters. The minimum atomic E-state index is -3.39. The van der Waals surface area contributed by atoms with Crippen molar-refractivity contribution in [1.82, 2.24) is 9.62 Å². The van der Waals surface area contributed by atoms with Gasteiger partial charge in [0.1, 0.15) is 4.21 Å². The van der Waals surface area contributed by atoms with Gasteiger partial charge in [-0.25, -0.2) is 13.1 Å². The highest BCUT2D eigenvalue weighted by molar-refractivity contribution is 9.11. The van der Waals surface area contributed by atoms with Crippen molar-refractivity contribution in [2.75, 3.05) is 19.6 Å². The average Bonchev–Trinajstić information content (AvgIpc) is 2.73. The van der Waals surface area contributed by atoms with Gasteiger partial charge in [-0.05, 0) is 48.1 Å². The van der Waals surface area contributed by atoms with E-state index in [-0.39, 0.29) is 6.04 Å². The fourth-order valence-electron chi connectivity index (χ4n) is 1.67. The molecule has 1 aromatic rings. The van der Waals surface area contributed by atoms with Gasteiger partial charge in [0.15, 0.2) is 0 Å². The summed E-state index contributed by atoms with van der Waals surface area (Å²) in [4.78, 5) is 2.19. The van der Waals surface area contributed by atoms with E-state index in [0.29, 0.717) is 4.21 Å². The van der Waals surface area contributed by atoms with Gasteiger partial charge in [0.25, 0.3) is 0 Å². The molecule has 0 spiro atoms. The van der Waals surface area contributed by atoms with Crippen molar-refractivity contribution in [1.29, 1.82) is 0 Å². The van der Waals surface area contributed by atoms with Crippen LogP contribution < -0.4 is 4.72 Å². The third-order valence-electron chi connectivity index (χ3n) is 2.60. The van der Waals surface area contributed by atoms with Gasteiger partial charge >= 0.3 is 0 Å². The van der Waals surface area contributed by atoms with E-state index >= 15 is 0 Å². The van der Waals surface area contributed by atoms with E-state index in [4.69, 9.17) is 0 Å². The van der Waals surface area contributed by atoms with E-state index in [1.165, 1.54) is 11.3 Å². The van der Waals surface area contributed by atoms with Crippen molar-refractivity contribution in [2.24, 2.45) is 0 Å². The summed E-state index contributed by atoms with van der Waals surface area (Å²) in [5, 5.41) is 0. The lowest BCUT2D eigenvalue weighted by molar-refractivity contribution is 0.282. The normalized spacial score (nSPS) is 14.1. The van der Waals surface area contributed by atoms with Crippen molar-refractivity contribution >= 4 is 37.3 Å². The predicted octanol–water partition coefficient (Wildman–Crippen LogP) is 2.52. The van der Waals surface area contributed by atoms with Gasteiger partial charge in [0.2, 0.25) is 10.0 Å². The van der Waals surface area contributed by atoms with Crippen LogP contribution in [0.4, 0.5) is 0 Å². The highest BCUT2D eigenvalue weighted by Gasteiger charge is 2.20. The zero-order valence-electron chi connectivity index (χ0n) is 10.8. The Morgan fingerprint density at radius 3 is 2.44 bits per heavy atom. The molecule has 0 aliphatic rings. The van der Waals surface area contributed by atoms with E-state index < -0.39 is 10.0 Å². The van der Waals surface area contributed by atoms with Gasteiger partial charge in [-0.15, -0.1) is 11.3 Å². The zero-order chi connectivity index (χ0) is 13.8. The molecule has 18 heavy (non-hydrogen) atoms. The Balaban J connectivity index is 2.66. The van der Waals surface area contributed by atoms with Gasteiger partial charge in [-0.2, -0.15) is 0 Å². The van der Waals surface area contributed by atoms with E-state index in [9.17, 15) is 8.42 Å². The average molecular weight is 355 g/mol. The molecule has 1 aromatic heterocycles. The van der Waals surface area contributed by atoms with E-state index in [1.54, 1.807) is 12.1 Å². The number of likely N-dealkylation sites (N-methyl/N-ethyl adjacent to an activating group) is 1. The van der Waals surface area contributed by atoms with Crippen LogP contribution in [0.5, 0.6) is 0 Å². The molecule has 0 aliphatic heterocycles. The van der Waals surface area contributed by atoms with E-state index in [0.717, 1.165) is 23.4 Å². The minimum Gasteiger partial charge on any atom is -0.302 e. The number of sulfonamides is 1. The molecule has 1 rings (SSSR count). The molecule has 0 amide bonds. The van der Waals surface area contributed by atoms with Gasteiger partial charge in [-0.3, -0.25) is 0 Å². The molecule has 0 bridgehead atoms. The standard InChI is InChI=1S/C11H19BrN2O2S2/c1-4-14(5-2)8-9(3)13-18(15,16)11-7-6-10(12)17-11/h6-7,9,13H,4-5,8H2,1-3H3. The zero-order valence-corrected chi connectivity index (χ0v) is 14.0. The van der Waals surface area contributed by atoms with Gasteiger partial charge in [0, 0.05) is 12.6 Å². The Hall–Kier alpha value is 0.0500. The molecule has 1 atom stereocenters. The molecule has 0 aromatic carbocycles. The number of halogens is 1. The predicted molar refractivity (Wildman–Crippen MR) is 79.6 cm³/mol. The molecule has 0 saturated carbocycles. The van der Waals surface area contributed by atoms with Crippen LogP contribution in [0.15, 0.2) is 20.1 Å². The maximum atomic E-state index is 12.1. The quantitative estimate of drug-likeness (QED) is 0.818. The molecule has 0 fully saturated rings. The number of nitrogens with one attached hydrogen (secondary N) is 1. The van der Waals surface area contributed by atoms with Gasteiger partial charge < -0.3 is 4.90 Å². The van der Waals surface area contributed by atoms with Crippen molar-refractivity contribution in [2.45, 2.75) is 31.0 Å². The van der Waals surface area contributed by atoms with Crippen LogP contribution in [0.2, 0.25) is 0 Å². The molecular formula is C11H19BrN2O2S2. The summed E-state index contributed by atoms with van der Waals surface area (Å²) >= 11 is 4.49. The lowest BCUT2D eigenvalue weighted by Gasteiger charge is -2.23. The smallest absolute Gasteiger partial charge is 0.250 e. The highest BCUT2D eigenvalue weighted by atomic mass is 79.9. The van der Waals surface area contributed by atoms with Crippen LogP contribution in [0.25, 0.3) is 0 Å². The topological polar surface area (TPSA) is 49.4 Å². The SMILES string of the molecule is CCN(CC)CC(C)NS(=O)(=O)c1ccc(Br)s1. The molecule has 0 aliphatic carbocycles. The number of nitrogens with zero attached hydrogens (tertiary/aromatic N) is 1. The second-order valence-electron chi connectivity index (χ2n) is 4.07. The number of hydrogen-bond donors (Lipinski definition) is 1. The second kappa shape index (κ2) is 7.00. The van der Waals surface area contributed by atoms with E-state index in [2.05, 4.69) is 39.4 Å². The highest BCUT2D eigenvalue weighted by Crippen LogP contribution is 2.25. The Morgan fingerprint density at radius 2 is 2.00 bits per heavy atom. The first-order valence-corrected chi connectivity index (χ1v) is 8.98. The van der Waals surface area contributed by atoms with Crippen LogP contribution in [0, 0.1) is 0 Å². The molecule has 1 heterocycles. The Kier molecular flexibility index (Phi) is 6.26. The van der Waals surface area contributed by atoms with Gasteiger partial charge in [-0.1, -0.05) is 13.8 Å². The third-order valence-corrected chi connectivity index (χ3v) is 6.30. The van der Waals surface area contributed by atoms with Crippen LogP contribution in [-0.4, -0.2) is 39.0 Å². The van der Waals surface area contributed by atoms with Crippen LogP contribution in [-0.2, 0) is 10.0 Å². The summed E-state index contributed by atoms with van der Waals surface area (Å²) in [6.07, 6.45) is 0. The third kappa shape index (κ3) is 4.62. The van der Waals surface area contributed by atoms with Crippen molar-refractivity contribution < 1.29 is 8.42 Å². The van der Waals surface area contributed by atoms with E-state index in [1.807, 2.05) is 6.92 Å². The number of thiophene rings is 1. The summed E-state index contributed by atoms with van der Waals surface area (Å²) < 4.78 is 28.0. The number of rotatable bonds is 7. The van der Waals surface area contributed by atoms with Crippen LogP contribution >= 0.6 is 27.3 Å². The van der Waals surface area contributed by atoms with Crippen LogP contribution in [0.1, 0.15) is 20.8 Å². The van der Waals surface area contributed by atoms with Crippen molar-refractivity contribution in [3.63, 3.8) is 0 Å². The van der Waals surface area contributed by atoms with Crippen molar-refractivity contribution in [3.8, 4) is 0 Å². The minimum absolute atomic E-state index is 0.101.